The fourth-order valence-electron chi connectivity index (χ4n) is 2.24. The van der Waals surface area contributed by atoms with E-state index in [-0.39, 0.29) is 0 Å². The number of aldehydes is 1. The Kier molecular flexibility index (Phi) is 3.40. The van der Waals surface area contributed by atoms with Crippen molar-refractivity contribution in [2.75, 3.05) is 0 Å². The highest BCUT2D eigenvalue weighted by Gasteiger charge is 2.08. The molecule has 20 heavy (non-hydrogen) atoms. The van der Waals surface area contributed by atoms with Crippen LogP contribution in [0.4, 0.5) is 0 Å². The molecule has 3 rings (SSSR count). The van der Waals surface area contributed by atoms with Gasteiger partial charge in [0.1, 0.15) is 5.69 Å². The quantitative estimate of drug-likeness (QED) is 0.680. The maximum Gasteiger partial charge on any atom is 0.194 e. The summed E-state index contributed by atoms with van der Waals surface area (Å²) < 4.78 is 1.86. The Morgan fingerprint density at radius 3 is 2.70 bits per heavy atom. The third kappa shape index (κ3) is 2.39. The fourth-order valence-corrected chi connectivity index (χ4v) is 3.23. The largest absolute Gasteiger partial charge is 0.296 e. The molecule has 0 N–H and O–H groups in total. The van der Waals surface area contributed by atoms with E-state index >= 15 is 0 Å². The monoisotopic (exact) mass is 284 g/mol. The second-order valence-electron chi connectivity index (χ2n) is 5.22. The minimum Gasteiger partial charge on any atom is -0.296 e. The number of carbonyl (C=O) groups excluding carboxylic acids is 1. The zero-order valence-electron chi connectivity index (χ0n) is 11.5. The van der Waals surface area contributed by atoms with Gasteiger partial charge in [0, 0.05) is 17.5 Å². The fraction of sp³-hybridized carbons (Fsp3) is 0.250. The SMILES string of the molecule is CC(C)c1ccc(Cc2cn3c(C=O)cnc3s2)cc1. The highest BCUT2D eigenvalue weighted by atomic mass is 32.1. The van der Waals surface area contributed by atoms with Crippen LogP contribution in [0.1, 0.15) is 46.3 Å². The summed E-state index contributed by atoms with van der Waals surface area (Å²) >= 11 is 1.63. The number of thiazole rings is 1. The Labute approximate surface area is 121 Å². The first-order chi connectivity index (χ1) is 9.67. The van der Waals surface area contributed by atoms with E-state index in [0.29, 0.717) is 11.6 Å². The van der Waals surface area contributed by atoms with Gasteiger partial charge in [-0.3, -0.25) is 9.20 Å². The molecule has 0 bridgehead atoms. The number of nitrogens with zero attached hydrogens (tertiary/aromatic N) is 2. The minimum atomic E-state index is 0.559. The molecule has 102 valence electrons. The van der Waals surface area contributed by atoms with Crippen molar-refractivity contribution in [2.45, 2.75) is 26.2 Å². The Hall–Kier alpha value is -1.94. The maximum absolute atomic E-state index is 10.9. The molecule has 0 spiro atoms. The minimum absolute atomic E-state index is 0.559. The standard InChI is InChI=1S/C16H16N2OS/c1-11(2)13-5-3-12(4-6-13)7-15-9-18-14(10-19)8-17-16(18)20-15/h3-6,8-11H,7H2,1-2H3. The molecule has 2 aromatic heterocycles. The first-order valence-corrected chi connectivity index (χ1v) is 7.49. The molecule has 0 amide bonds. The lowest BCUT2D eigenvalue weighted by Gasteiger charge is -2.06. The van der Waals surface area contributed by atoms with Gasteiger partial charge in [-0.25, -0.2) is 4.98 Å². The molecule has 0 aliphatic rings. The molecule has 0 saturated carbocycles. The molecule has 0 aliphatic heterocycles. The Balaban J connectivity index is 1.85. The average molecular weight is 284 g/mol. The molecule has 4 heteroatoms. The lowest BCUT2D eigenvalue weighted by atomic mass is 10.0. The lowest BCUT2D eigenvalue weighted by molar-refractivity contribution is 0.111. The van der Waals surface area contributed by atoms with Crippen molar-refractivity contribution in [3.63, 3.8) is 0 Å². The lowest BCUT2D eigenvalue weighted by Crippen LogP contribution is -1.90. The van der Waals surface area contributed by atoms with Crippen LogP contribution in [0, 0.1) is 0 Å². The molecule has 0 saturated heterocycles. The number of aromatic nitrogens is 2. The van der Waals surface area contributed by atoms with Gasteiger partial charge < -0.3 is 0 Å². The van der Waals surface area contributed by atoms with Gasteiger partial charge in [-0.05, 0) is 17.0 Å². The van der Waals surface area contributed by atoms with Gasteiger partial charge in [0.05, 0.1) is 6.20 Å². The van der Waals surface area contributed by atoms with Crippen LogP contribution in [0.15, 0.2) is 36.7 Å². The average Bonchev–Trinajstić information content (AvgIpc) is 2.98. The molecular weight excluding hydrogens is 268 g/mol. The zero-order chi connectivity index (χ0) is 14.1. The van der Waals surface area contributed by atoms with Crippen molar-refractivity contribution < 1.29 is 4.79 Å². The molecule has 3 nitrogen and oxygen atoms in total. The second-order valence-corrected chi connectivity index (χ2v) is 6.32. The molecule has 3 aromatic rings. The van der Waals surface area contributed by atoms with E-state index in [0.717, 1.165) is 17.7 Å². The molecule has 0 fully saturated rings. The Morgan fingerprint density at radius 1 is 1.30 bits per heavy atom. The summed E-state index contributed by atoms with van der Waals surface area (Å²) in [5.41, 5.74) is 3.25. The summed E-state index contributed by atoms with van der Waals surface area (Å²) in [5.74, 6) is 0.559. The molecule has 2 heterocycles. The third-order valence-electron chi connectivity index (χ3n) is 3.43. The number of carbonyl (C=O) groups is 1. The molecule has 0 radical (unpaired) electrons. The van der Waals surface area contributed by atoms with Crippen LogP contribution in [0.2, 0.25) is 0 Å². The normalized spacial score (nSPS) is 11.3. The Bertz CT molecular complexity index is 738. The molecule has 0 atom stereocenters. The molecular formula is C16H16N2OS. The molecule has 1 aromatic carbocycles. The summed E-state index contributed by atoms with van der Waals surface area (Å²) in [6.07, 6.45) is 5.34. The smallest absolute Gasteiger partial charge is 0.194 e. The van der Waals surface area contributed by atoms with Crippen LogP contribution < -0.4 is 0 Å². The summed E-state index contributed by atoms with van der Waals surface area (Å²) in [4.78, 5) is 17.2. The second kappa shape index (κ2) is 5.21. The van der Waals surface area contributed by atoms with E-state index in [4.69, 9.17) is 0 Å². The topological polar surface area (TPSA) is 34.4 Å². The van der Waals surface area contributed by atoms with E-state index in [9.17, 15) is 4.79 Å². The first-order valence-electron chi connectivity index (χ1n) is 6.67. The first kappa shape index (κ1) is 13.1. The number of hydrogen-bond donors (Lipinski definition) is 0. The summed E-state index contributed by atoms with van der Waals surface area (Å²) in [5, 5.41) is 0. The highest BCUT2D eigenvalue weighted by molar-refractivity contribution is 7.17. The van der Waals surface area contributed by atoms with E-state index < -0.39 is 0 Å². The van der Waals surface area contributed by atoms with Gasteiger partial charge in [-0.15, -0.1) is 11.3 Å². The van der Waals surface area contributed by atoms with Crippen molar-refractivity contribution >= 4 is 22.6 Å². The van der Waals surface area contributed by atoms with Crippen molar-refractivity contribution in [1.82, 2.24) is 9.38 Å². The number of rotatable bonds is 4. The molecule has 0 unspecified atom stereocenters. The predicted octanol–water partition coefficient (Wildman–Crippen LogP) is 3.92. The van der Waals surface area contributed by atoms with Gasteiger partial charge in [0.15, 0.2) is 11.2 Å². The number of fused-ring (bicyclic) bond motifs is 1. The van der Waals surface area contributed by atoms with Crippen LogP contribution in [0.5, 0.6) is 0 Å². The van der Waals surface area contributed by atoms with Crippen molar-refractivity contribution in [1.29, 1.82) is 0 Å². The van der Waals surface area contributed by atoms with Crippen molar-refractivity contribution in [3.8, 4) is 0 Å². The van der Waals surface area contributed by atoms with Crippen LogP contribution in [-0.4, -0.2) is 15.7 Å². The van der Waals surface area contributed by atoms with Gasteiger partial charge in [0.2, 0.25) is 0 Å². The van der Waals surface area contributed by atoms with Crippen LogP contribution in [0.3, 0.4) is 0 Å². The highest BCUT2D eigenvalue weighted by Crippen LogP contribution is 2.22. The molecule has 0 aliphatic carbocycles. The van der Waals surface area contributed by atoms with E-state index in [1.165, 1.54) is 16.0 Å². The van der Waals surface area contributed by atoms with E-state index in [2.05, 4.69) is 43.1 Å². The van der Waals surface area contributed by atoms with E-state index in [1.807, 2.05) is 10.6 Å². The summed E-state index contributed by atoms with van der Waals surface area (Å²) in [6, 6.07) is 8.74. The van der Waals surface area contributed by atoms with Crippen LogP contribution in [0.25, 0.3) is 4.96 Å². The van der Waals surface area contributed by atoms with Gasteiger partial charge in [-0.2, -0.15) is 0 Å². The van der Waals surface area contributed by atoms with Crippen molar-refractivity contribution in [3.05, 3.63) is 58.4 Å². The zero-order valence-corrected chi connectivity index (χ0v) is 12.4. The summed E-state index contributed by atoms with van der Waals surface area (Å²) in [6.45, 7) is 4.40. The van der Waals surface area contributed by atoms with Crippen molar-refractivity contribution in [2.24, 2.45) is 0 Å². The number of imidazole rings is 1. The predicted molar refractivity (Wildman–Crippen MR) is 81.8 cm³/mol. The number of hydrogen-bond acceptors (Lipinski definition) is 3. The van der Waals surface area contributed by atoms with Gasteiger partial charge >= 0.3 is 0 Å². The Morgan fingerprint density at radius 2 is 2.05 bits per heavy atom. The van der Waals surface area contributed by atoms with Gasteiger partial charge in [0.25, 0.3) is 0 Å². The van der Waals surface area contributed by atoms with Crippen LogP contribution in [-0.2, 0) is 6.42 Å². The maximum atomic E-state index is 10.9. The van der Waals surface area contributed by atoms with Crippen LogP contribution >= 0.6 is 11.3 Å². The number of benzene rings is 1. The third-order valence-corrected chi connectivity index (χ3v) is 4.43. The van der Waals surface area contributed by atoms with E-state index in [1.54, 1.807) is 17.5 Å². The van der Waals surface area contributed by atoms with Gasteiger partial charge in [-0.1, -0.05) is 38.1 Å². The summed E-state index contributed by atoms with van der Waals surface area (Å²) in [7, 11) is 0.